The molecule has 4 N–H and O–H groups in total. The molecule has 2 rings (SSSR count). The Kier molecular flexibility index (Phi) is 4.85. The number of rotatable bonds is 5. The van der Waals surface area contributed by atoms with Crippen LogP contribution in [0.1, 0.15) is 32.8 Å². The molecular formula is C16H25N3O2. The number of ether oxygens (including phenoxy) is 1. The van der Waals surface area contributed by atoms with Crippen molar-refractivity contribution in [3.8, 4) is 0 Å². The van der Waals surface area contributed by atoms with Crippen LogP contribution in [0.5, 0.6) is 0 Å². The number of benzene rings is 1. The van der Waals surface area contributed by atoms with Gasteiger partial charge in [0.05, 0.1) is 6.10 Å². The Hall–Kier alpha value is -1.59. The Bertz CT molecular complexity index is 502. The van der Waals surface area contributed by atoms with E-state index in [0.29, 0.717) is 13.2 Å². The Labute approximate surface area is 126 Å². The lowest BCUT2D eigenvalue weighted by atomic mass is 9.64. The summed E-state index contributed by atoms with van der Waals surface area (Å²) in [7, 11) is 0. The van der Waals surface area contributed by atoms with E-state index in [0.717, 1.165) is 17.7 Å². The summed E-state index contributed by atoms with van der Waals surface area (Å²) in [4.78, 5) is 12.1. The van der Waals surface area contributed by atoms with Crippen molar-refractivity contribution in [1.29, 1.82) is 0 Å². The van der Waals surface area contributed by atoms with E-state index in [1.54, 1.807) is 0 Å². The van der Waals surface area contributed by atoms with E-state index in [-0.39, 0.29) is 23.6 Å². The normalized spacial score (nSPS) is 23.2. The van der Waals surface area contributed by atoms with Crippen LogP contribution >= 0.6 is 0 Å². The predicted octanol–water partition coefficient (Wildman–Crippen LogP) is 2.47. The predicted molar refractivity (Wildman–Crippen MR) is 84.1 cm³/mol. The number of nitrogens with one attached hydrogen (secondary N) is 2. The lowest BCUT2D eigenvalue weighted by Gasteiger charge is -2.51. The molecule has 0 bridgehead atoms. The van der Waals surface area contributed by atoms with Gasteiger partial charge in [0.2, 0.25) is 0 Å². The minimum absolute atomic E-state index is 0.0353. The third kappa shape index (κ3) is 3.54. The number of carbonyl (C=O) groups is 1. The fourth-order valence-electron chi connectivity index (χ4n) is 2.72. The molecule has 2 unspecified atom stereocenters. The monoisotopic (exact) mass is 291 g/mol. The van der Waals surface area contributed by atoms with Gasteiger partial charge >= 0.3 is 6.03 Å². The molecule has 1 aliphatic rings. The first kappa shape index (κ1) is 15.8. The highest BCUT2D eigenvalue weighted by Crippen LogP contribution is 2.42. The van der Waals surface area contributed by atoms with Gasteiger partial charge in [-0.15, -0.1) is 0 Å². The summed E-state index contributed by atoms with van der Waals surface area (Å²) in [6.45, 7) is 7.41. The zero-order chi connectivity index (χ0) is 15.5. The maximum absolute atomic E-state index is 12.1. The molecule has 116 valence electrons. The van der Waals surface area contributed by atoms with Gasteiger partial charge in [0.15, 0.2) is 0 Å². The SMILES string of the molecule is CCOC1CC(NC(=O)Nc2cccc(CN)c2)C1(C)C. The van der Waals surface area contributed by atoms with Gasteiger partial charge in [-0.05, 0) is 31.0 Å². The van der Waals surface area contributed by atoms with Crippen LogP contribution in [0.25, 0.3) is 0 Å². The van der Waals surface area contributed by atoms with E-state index in [4.69, 9.17) is 10.5 Å². The lowest BCUT2D eigenvalue weighted by molar-refractivity contribution is -0.110. The van der Waals surface area contributed by atoms with Crippen LogP contribution in [0.2, 0.25) is 0 Å². The molecule has 0 spiro atoms. The number of amides is 2. The van der Waals surface area contributed by atoms with Gasteiger partial charge in [0.25, 0.3) is 0 Å². The van der Waals surface area contributed by atoms with Crippen molar-refractivity contribution in [2.24, 2.45) is 11.1 Å². The second-order valence-corrected chi connectivity index (χ2v) is 6.06. The first-order chi connectivity index (χ1) is 9.97. The first-order valence-corrected chi connectivity index (χ1v) is 7.45. The van der Waals surface area contributed by atoms with Crippen molar-refractivity contribution in [3.05, 3.63) is 29.8 Å². The molecule has 0 heterocycles. The van der Waals surface area contributed by atoms with Gasteiger partial charge in [-0.1, -0.05) is 26.0 Å². The van der Waals surface area contributed by atoms with Gasteiger partial charge in [0.1, 0.15) is 0 Å². The number of hydrogen-bond donors (Lipinski definition) is 3. The average Bonchev–Trinajstić information content (AvgIpc) is 2.46. The number of urea groups is 1. The van der Waals surface area contributed by atoms with Crippen LogP contribution in [0.15, 0.2) is 24.3 Å². The zero-order valence-corrected chi connectivity index (χ0v) is 13.0. The van der Waals surface area contributed by atoms with Crippen LogP contribution in [-0.4, -0.2) is 24.8 Å². The van der Waals surface area contributed by atoms with Crippen molar-refractivity contribution in [1.82, 2.24) is 5.32 Å². The fourth-order valence-corrected chi connectivity index (χ4v) is 2.72. The van der Waals surface area contributed by atoms with E-state index < -0.39 is 0 Å². The maximum Gasteiger partial charge on any atom is 0.319 e. The topological polar surface area (TPSA) is 76.4 Å². The third-order valence-corrected chi connectivity index (χ3v) is 4.27. The van der Waals surface area contributed by atoms with Crippen molar-refractivity contribution in [3.63, 3.8) is 0 Å². The molecule has 1 aliphatic carbocycles. The summed E-state index contributed by atoms with van der Waals surface area (Å²) >= 11 is 0. The Morgan fingerprint density at radius 3 is 2.86 bits per heavy atom. The van der Waals surface area contributed by atoms with Gasteiger partial charge in [0, 0.05) is 30.3 Å². The molecule has 0 aliphatic heterocycles. The molecule has 2 amide bonds. The van der Waals surface area contributed by atoms with Gasteiger partial charge < -0.3 is 21.1 Å². The van der Waals surface area contributed by atoms with Crippen LogP contribution < -0.4 is 16.4 Å². The Morgan fingerprint density at radius 2 is 2.24 bits per heavy atom. The van der Waals surface area contributed by atoms with Crippen molar-refractivity contribution in [2.75, 3.05) is 11.9 Å². The summed E-state index contributed by atoms with van der Waals surface area (Å²) in [6.07, 6.45) is 1.07. The van der Waals surface area contributed by atoms with Gasteiger partial charge in [-0.25, -0.2) is 4.79 Å². The molecule has 1 aromatic carbocycles. The molecular weight excluding hydrogens is 266 g/mol. The molecule has 0 saturated heterocycles. The largest absolute Gasteiger partial charge is 0.378 e. The molecule has 1 fully saturated rings. The van der Waals surface area contributed by atoms with Crippen molar-refractivity contribution >= 4 is 11.7 Å². The average molecular weight is 291 g/mol. The van der Waals surface area contributed by atoms with Crippen LogP contribution in [-0.2, 0) is 11.3 Å². The van der Waals surface area contributed by atoms with E-state index in [2.05, 4.69) is 24.5 Å². The standard InChI is InChI=1S/C16H25N3O2/c1-4-21-14-9-13(16(14,2)3)19-15(20)18-12-7-5-6-11(8-12)10-17/h5-8,13-14H,4,9-10,17H2,1-3H3,(H2,18,19,20). The molecule has 1 aromatic rings. The van der Waals surface area contributed by atoms with Crippen LogP contribution in [0.4, 0.5) is 10.5 Å². The van der Waals surface area contributed by atoms with Crippen molar-refractivity contribution in [2.45, 2.75) is 45.9 Å². The molecule has 21 heavy (non-hydrogen) atoms. The highest BCUT2D eigenvalue weighted by atomic mass is 16.5. The van der Waals surface area contributed by atoms with E-state index in [1.807, 2.05) is 31.2 Å². The number of carbonyl (C=O) groups excluding carboxylic acids is 1. The van der Waals surface area contributed by atoms with E-state index in [1.165, 1.54) is 0 Å². The van der Waals surface area contributed by atoms with Crippen LogP contribution in [0, 0.1) is 5.41 Å². The fraction of sp³-hybridized carbons (Fsp3) is 0.562. The summed E-state index contributed by atoms with van der Waals surface area (Å²) in [5, 5.41) is 5.87. The number of hydrogen-bond acceptors (Lipinski definition) is 3. The smallest absolute Gasteiger partial charge is 0.319 e. The second kappa shape index (κ2) is 6.45. The Morgan fingerprint density at radius 1 is 1.48 bits per heavy atom. The third-order valence-electron chi connectivity index (χ3n) is 4.27. The number of anilines is 1. The summed E-state index contributed by atoms with van der Waals surface area (Å²) in [5.74, 6) is 0. The summed E-state index contributed by atoms with van der Waals surface area (Å²) < 4.78 is 5.67. The van der Waals surface area contributed by atoms with E-state index in [9.17, 15) is 4.79 Å². The molecule has 5 nitrogen and oxygen atoms in total. The Balaban J connectivity index is 1.88. The lowest BCUT2D eigenvalue weighted by Crippen LogP contribution is -2.62. The molecule has 2 atom stereocenters. The van der Waals surface area contributed by atoms with Gasteiger partial charge in [-0.3, -0.25) is 0 Å². The second-order valence-electron chi connectivity index (χ2n) is 6.06. The summed E-state index contributed by atoms with van der Waals surface area (Å²) in [6, 6.07) is 7.51. The van der Waals surface area contributed by atoms with Crippen LogP contribution in [0.3, 0.4) is 0 Å². The first-order valence-electron chi connectivity index (χ1n) is 7.45. The highest BCUT2D eigenvalue weighted by Gasteiger charge is 2.49. The molecule has 5 heteroatoms. The minimum atomic E-state index is -0.183. The maximum atomic E-state index is 12.1. The molecule has 0 radical (unpaired) electrons. The molecule has 1 saturated carbocycles. The van der Waals surface area contributed by atoms with Gasteiger partial charge in [-0.2, -0.15) is 0 Å². The molecule has 0 aromatic heterocycles. The minimum Gasteiger partial charge on any atom is -0.378 e. The number of nitrogens with two attached hydrogens (primary N) is 1. The zero-order valence-electron chi connectivity index (χ0n) is 13.0. The summed E-state index contributed by atoms with van der Waals surface area (Å²) in [5.41, 5.74) is 7.31. The highest BCUT2D eigenvalue weighted by molar-refractivity contribution is 5.89. The quantitative estimate of drug-likeness (QED) is 0.780. The van der Waals surface area contributed by atoms with Crippen molar-refractivity contribution < 1.29 is 9.53 Å². The van der Waals surface area contributed by atoms with E-state index >= 15 is 0 Å².